The highest BCUT2D eigenvalue weighted by molar-refractivity contribution is 7.89. The summed E-state index contributed by atoms with van der Waals surface area (Å²) in [6, 6.07) is 3.51. The maximum absolute atomic E-state index is 13.1. The highest BCUT2D eigenvalue weighted by Gasteiger charge is 2.45. The second-order valence-electron chi connectivity index (χ2n) is 6.77. The van der Waals surface area contributed by atoms with Crippen molar-refractivity contribution in [2.45, 2.75) is 50.0 Å². The molecule has 0 radical (unpaired) electrons. The molecule has 1 atom stereocenters. The van der Waals surface area contributed by atoms with Crippen molar-refractivity contribution in [1.82, 2.24) is 9.21 Å². The lowest BCUT2D eigenvalue weighted by atomic mass is 10.1. The zero-order valence-corrected chi connectivity index (χ0v) is 15.9. The van der Waals surface area contributed by atoms with E-state index in [2.05, 4.69) is 0 Å². The number of hydrogen-bond acceptors (Lipinski definition) is 5. The first-order valence-electron chi connectivity index (χ1n) is 8.87. The number of rotatable bonds is 4. The van der Waals surface area contributed by atoms with E-state index in [-0.39, 0.29) is 23.6 Å². The van der Waals surface area contributed by atoms with Gasteiger partial charge in [-0.05, 0) is 56.4 Å². The van der Waals surface area contributed by atoms with Crippen LogP contribution in [0.15, 0.2) is 23.1 Å². The van der Waals surface area contributed by atoms with Gasteiger partial charge in [0.1, 0.15) is 11.8 Å². The molecule has 2 aliphatic heterocycles. The van der Waals surface area contributed by atoms with Crippen LogP contribution in [0.5, 0.6) is 5.75 Å². The van der Waals surface area contributed by atoms with E-state index in [9.17, 15) is 18.0 Å². The van der Waals surface area contributed by atoms with Crippen LogP contribution in [0.2, 0.25) is 0 Å². The molecular formula is C18H24N2O5S. The van der Waals surface area contributed by atoms with Gasteiger partial charge in [-0.1, -0.05) is 0 Å². The number of methoxy groups -OCH3 is 1. The minimum Gasteiger partial charge on any atom is -0.496 e. The summed E-state index contributed by atoms with van der Waals surface area (Å²) in [4.78, 5) is 26.9. The Hall–Kier alpha value is -2.09. The van der Waals surface area contributed by atoms with Gasteiger partial charge in [-0.2, -0.15) is 0 Å². The van der Waals surface area contributed by atoms with Crippen molar-refractivity contribution < 1.29 is 22.7 Å². The van der Waals surface area contributed by atoms with Gasteiger partial charge >= 0.3 is 0 Å². The predicted molar refractivity (Wildman–Crippen MR) is 95.2 cm³/mol. The molecule has 26 heavy (non-hydrogen) atoms. The molecule has 1 aromatic rings. The Morgan fingerprint density at radius 3 is 2.50 bits per heavy atom. The fraction of sp³-hybridized carbons (Fsp3) is 0.556. The van der Waals surface area contributed by atoms with Crippen LogP contribution >= 0.6 is 0 Å². The number of carbonyl (C=O) groups is 2. The lowest BCUT2D eigenvalue weighted by molar-refractivity contribution is -0.138. The number of carbonyl (C=O) groups excluding carboxylic acids is 2. The normalized spacial score (nSPS) is 21.2. The number of hydrogen-bond donors (Lipinski definition) is 0. The molecule has 0 unspecified atom stereocenters. The topological polar surface area (TPSA) is 84.0 Å². The van der Waals surface area contributed by atoms with Gasteiger partial charge in [-0.3, -0.25) is 9.59 Å². The molecule has 0 N–H and O–H groups in total. The molecule has 2 amide bonds. The molecular weight excluding hydrogens is 356 g/mol. The molecule has 0 spiro atoms. The lowest BCUT2D eigenvalue weighted by Gasteiger charge is -2.32. The summed E-state index contributed by atoms with van der Waals surface area (Å²) in [5.41, 5.74) is 0.652. The number of benzene rings is 1. The van der Waals surface area contributed by atoms with Crippen LogP contribution in [-0.2, 0) is 19.6 Å². The van der Waals surface area contributed by atoms with Crippen molar-refractivity contribution in [3.8, 4) is 5.75 Å². The van der Waals surface area contributed by atoms with E-state index < -0.39 is 22.0 Å². The van der Waals surface area contributed by atoms with Crippen LogP contribution in [0.3, 0.4) is 0 Å². The highest BCUT2D eigenvalue weighted by Crippen LogP contribution is 2.31. The van der Waals surface area contributed by atoms with E-state index in [1.165, 1.54) is 19.2 Å². The maximum Gasteiger partial charge on any atom is 0.267 e. The van der Waals surface area contributed by atoms with Crippen LogP contribution < -0.4 is 4.74 Å². The van der Waals surface area contributed by atoms with Crippen LogP contribution in [0.4, 0.5) is 0 Å². The molecule has 8 heteroatoms. The minimum atomic E-state index is -4.09. The van der Waals surface area contributed by atoms with Gasteiger partial charge in [-0.25, -0.2) is 12.7 Å². The van der Waals surface area contributed by atoms with Crippen LogP contribution in [-0.4, -0.2) is 55.7 Å². The third-order valence-electron chi connectivity index (χ3n) is 5.04. The Morgan fingerprint density at radius 2 is 1.88 bits per heavy atom. The molecule has 0 bridgehead atoms. The first-order valence-corrected chi connectivity index (χ1v) is 10.3. The van der Waals surface area contributed by atoms with Crippen LogP contribution in [0.1, 0.15) is 37.7 Å². The summed E-state index contributed by atoms with van der Waals surface area (Å²) >= 11 is 0. The van der Waals surface area contributed by atoms with Gasteiger partial charge in [-0.15, -0.1) is 0 Å². The van der Waals surface area contributed by atoms with Gasteiger partial charge < -0.3 is 9.64 Å². The molecule has 2 fully saturated rings. The SMILES string of the molecule is COc1ccc(S(=O)(=O)N2C(=O)CC[C@H]2C(=O)N2CCCCC2)cc1C. The number of ether oxygens (including phenoxy) is 1. The Kier molecular flexibility index (Phi) is 5.22. The Labute approximate surface area is 154 Å². The Morgan fingerprint density at radius 1 is 1.19 bits per heavy atom. The van der Waals surface area contributed by atoms with E-state index in [1.54, 1.807) is 17.9 Å². The highest BCUT2D eigenvalue weighted by atomic mass is 32.2. The van der Waals surface area contributed by atoms with Crippen molar-refractivity contribution >= 4 is 21.8 Å². The van der Waals surface area contributed by atoms with Crippen molar-refractivity contribution in [2.75, 3.05) is 20.2 Å². The molecule has 7 nitrogen and oxygen atoms in total. The van der Waals surface area contributed by atoms with Gasteiger partial charge in [0.2, 0.25) is 11.8 Å². The van der Waals surface area contributed by atoms with Crippen molar-refractivity contribution in [3.05, 3.63) is 23.8 Å². The first kappa shape index (κ1) is 18.7. The third kappa shape index (κ3) is 3.30. The fourth-order valence-corrected chi connectivity index (χ4v) is 5.32. The zero-order valence-electron chi connectivity index (χ0n) is 15.1. The van der Waals surface area contributed by atoms with Crippen LogP contribution in [0.25, 0.3) is 0 Å². The molecule has 0 aromatic heterocycles. The maximum atomic E-state index is 13.1. The number of nitrogens with zero attached hydrogens (tertiary/aromatic N) is 2. The van der Waals surface area contributed by atoms with E-state index in [0.29, 0.717) is 24.4 Å². The van der Waals surface area contributed by atoms with E-state index in [4.69, 9.17) is 4.74 Å². The fourth-order valence-electron chi connectivity index (χ4n) is 3.64. The average Bonchev–Trinajstić information content (AvgIpc) is 3.04. The van der Waals surface area contributed by atoms with E-state index in [1.807, 2.05) is 0 Å². The summed E-state index contributed by atoms with van der Waals surface area (Å²) in [5, 5.41) is 0. The Bertz CT molecular complexity index is 815. The quantitative estimate of drug-likeness (QED) is 0.794. The largest absolute Gasteiger partial charge is 0.496 e. The van der Waals surface area contributed by atoms with Crippen LogP contribution in [0, 0.1) is 6.92 Å². The minimum absolute atomic E-state index is 0.00231. The third-order valence-corrected chi connectivity index (χ3v) is 6.86. The lowest BCUT2D eigenvalue weighted by Crippen LogP contribution is -2.50. The first-order chi connectivity index (χ1) is 12.4. The summed E-state index contributed by atoms with van der Waals surface area (Å²) in [5.74, 6) is -0.212. The zero-order chi connectivity index (χ0) is 18.9. The number of amides is 2. The summed E-state index contributed by atoms with van der Waals surface area (Å²) < 4.78 is 32.1. The number of likely N-dealkylation sites (tertiary alicyclic amines) is 1. The smallest absolute Gasteiger partial charge is 0.267 e. The molecule has 2 saturated heterocycles. The summed E-state index contributed by atoms with van der Waals surface area (Å²) in [6.07, 6.45) is 3.20. The number of piperidine rings is 1. The van der Waals surface area contributed by atoms with Gasteiger partial charge in [0, 0.05) is 19.5 Å². The van der Waals surface area contributed by atoms with Gasteiger partial charge in [0.15, 0.2) is 0 Å². The molecule has 2 aliphatic rings. The standard InChI is InChI=1S/C18H24N2O5S/c1-13-12-14(6-8-16(13)25-2)26(23,24)20-15(7-9-17(20)21)18(22)19-10-4-3-5-11-19/h6,8,12,15H,3-5,7,9-11H2,1-2H3/t15-/m0/s1. The second kappa shape index (κ2) is 7.26. The summed E-state index contributed by atoms with van der Waals surface area (Å²) in [7, 11) is -2.58. The Balaban J connectivity index is 1.92. The van der Waals surface area contributed by atoms with E-state index >= 15 is 0 Å². The second-order valence-corrected chi connectivity index (χ2v) is 8.58. The van der Waals surface area contributed by atoms with Crippen molar-refractivity contribution in [2.24, 2.45) is 0 Å². The van der Waals surface area contributed by atoms with E-state index in [0.717, 1.165) is 23.6 Å². The molecule has 0 aliphatic carbocycles. The van der Waals surface area contributed by atoms with Gasteiger partial charge in [0.25, 0.3) is 10.0 Å². The predicted octanol–water partition coefficient (Wildman–Crippen LogP) is 1.70. The summed E-state index contributed by atoms with van der Waals surface area (Å²) in [6.45, 7) is 2.98. The number of sulfonamides is 1. The molecule has 0 saturated carbocycles. The molecule has 3 rings (SSSR count). The molecule has 1 aromatic carbocycles. The molecule has 2 heterocycles. The average molecular weight is 380 g/mol. The van der Waals surface area contributed by atoms with Crippen molar-refractivity contribution in [1.29, 1.82) is 0 Å². The molecule has 142 valence electrons. The number of aryl methyl sites for hydroxylation is 1. The van der Waals surface area contributed by atoms with Gasteiger partial charge in [0.05, 0.1) is 12.0 Å². The monoisotopic (exact) mass is 380 g/mol. The van der Waals surface area contributed by atoms with Crippen molar-refractivity contribution in [3.63, 3.8) is 0 Å².